The van der Waals surface area contributed by atoms with E-state index in [0.717, 1.165) is 30.2 Å². The number of carbonyl (C=O) groups is 1. The van der Waals surface area contributed by atoms with Crippen molar-refractivity contribution in [1.82, 2.24) is 13.8 Å². The van der Waals surface area contributed by atoms with E-state index in [2.05, 4.69) is 0 Å². The standard InChI is InChI=1S/C21H29N3O4S/c1-2-19(21(25)22-12-14-28-15-13-22)24-11-8-17-16-18(6-7-20(17)24)29(26,27)23-9-4-3-5-10-23/h6-8,11,16,19H,2-5,9-10,12-15H2,1H3/t19-/m1/s1. The second-order valence-electron chi connectivity index (χ2n) is 7.77. The van der Waals surface area contributed by atoms with Crippen molar-refractivity contribution in [2.75, 3.05) is 39.4 Å². The number of fused-ring (bicyclic) bond motifs is 1. The lowest BCUT2D eigenvalue weighted by atomic mass is 10.1. The third-order valence-corrected chi connectivity index (χ3v) is 7.87. The van der Waals surface area contributed by atoms with Crippen molar-refractivity contribution in [3.05, 3.63) is 30.5 Å². The van der Waals surface area contributed by atoms with E-state index in [0.29, 0.717) is 50.7 Å². The van der Waals surface area contributed by atoms with Crippen LogP contribution in [0.3, 0.4) is 0 Å². The molecule has 2 aromatic rings. The minimum Gasteiger partial charge on any atom is -0.378 e. The van der Waals surface area contributed by atoms with Gasteiger partial charge in [-0.25, -0.2) is 8.42 Å². The summed E-state index contributed by atoms with van der Waals surface area (Å²) in [5.41, 5.74) is 0.885. The summed E-state index contributed by atoms with van der Waals surface area (Å²) in [5.74, 6) is 0.0957. The van der Waals surface area contributed by atoms with Crippen LogP contribution in [0.2, 0.25) is 0 Å². The van der Waals surface area contributed by atoms with E-state index in [1.807, 2.05) is 34.7 Å². The summed E-state index contributed by atoms with van der Waals surface area (Å²) in [7, 11) is -3.47. The minimum absolute atomic E-state index is 0.0957. The molecular weight excluding hydrogens is 390 g/mol. The van der Waals surface area contributed by atoms with E-state index in [-0.39, 0.29) is 11.9 Å². The zero-order chi connectivity index (χ0) is 20.4. The molecule has 2 fully saturated rings. The van der Waals surface area contributed by atoms with Crippen LogP contribution in [0.4, 0.5) is 0 Å². The highest BCUT2D eigenvalue weighted by Gasteiger charge is 2.28. The first-order valence-electron chi connectivity index (χ1n) is 10.5. The Labute approximate surface area is 172 Å². The summed E-state index contributed by atoms with van der Waals surface area (Å²) < 4.78 is 34.9. The Morgan fingerprint density at radius 1 is 1.07 bits per heavy atom. The molecular formula is C21H29N3O4S. The fraction of sp³-hybridized carbons (Fsp3) is 0.571. The Bertz CT molecular complexity index is 973. The van der Waals surface area contributed by atoms with Crippen LogP contribution in [0.5, 0.6) is 0 Å². The van der Waals surface area contributed by atoms with Crippen molar-refractivity contribution >= 4 is 26.8 Å². The van der Waals surface area contributed by atoms with Gasteiger partial charge in [0.1, 0.15) is 6.04 Å². The van der Waals surface area contributed by atoms with Crippen LogP contribution in [0.1, 0.15) is 38.6 Å². The van der Waals surface area contributed by atoms with Gasteiger partial charge >= 0.3 is 0 Å². The Morgan fingerprint density at radius 2 is 1.79 bits per heavy atom. The quantitative estimate of drug-likeness (QED) is 0.747. The van der Waals surface area contributed by atoms with Gasteiger partial charge in [-0.1, -0.05) is 13.3 Å². The maximum absolute atomic E-state index is 13.1. The summed E-state index contributed by atoms with van der Waals surface area (Å²) in [6.07, 6.45) is 5.49. The molecule has 3 heterocycles. The van der Waals surface area contributed by atoms with Crippen molar-refractivity contribution in [2.45, 2.75) is 43.5 Å². The highest BCUT2D eigenvalue weighted by Crippen LogP contribution is 2.28. The van der Waals surface area contributed by atoms with Crippen LogP contribution >= 0.6 is 0 Å². The maximum atomic E-state index is 13.1. The number of amides is 1. The van der Waals surface area contributed by atoms with Crippen LogP contribution < -0.4 is 0 Å². The minimum atomic E-state index is -3.47. The Kier molecular flexibility index (Phi) is 5.94. The first-order chi connectivity index (χ1) is 14.0. The number of morpholine rings is 1. The van der Waals surface area contributed by atoms with Crippen LogP contribution in [0, 0.1) is 0 Å². The third-order valence-electron chi connectivity index (χ3n) is 5.97. The number of ether oxygens (including phenoxy) is 1. The molecule has 0 N–H and O–H groups in total. The summed E-state index contributed by atoms with van der Waals surface area (Å²) >= 11 is 0. The molecule has 0 radical (unpaired) electrons. The van der Waals surface area contributed by atoms with Gasteiger partial charge in [0.05, 0.1) is 18.1 Å². The summed E-state index contributed by atoms with van der Waals surface area (Å²) in [6.45, 7) is 5.57. The van der Waals surface area contributed by atoms with Crippen molar-refractivity contribution < 1.29 is 17.9 Å². The summed E-state index contributed by atoms with van der Waals surface area (Å²) in [4.78, 5) is 15.2. The molecule has 4 rings (SSSR count). The molecule has 0 aliphatic carbocycles. The van der Waals surface area contributed by atoms with Gasteiger partial charge in [0.25, 0.3) is 0 Å². The maximum Gasteiger partial charge on any atom is 0.245 e. The average molecular weight is 420 g/mol. The van der Waals surface area contributed by atoms with E-state index in [1.54, 1.807) is 16.4 Å². The van der Waals surface area contributed by atoms with Crippen molar-refractivity contribution in [3.63, 3.8) is 0 Å². The Morgan fingerprint density at radius 3 is 2.48 bits per heavy atom. The number of hydrogen-bond acceptors (Lipinski definition) is 4. The lowest BCUT2D eigenvalue weighted by Gasteiger charge is -2.31. The second kappa shape index (κ2) is 8.45. The number of hydrogen-bond donors (Lipinski definition) is 0. The SMILES string of the molecule is CC[C@H](C(=O)N1CCOCC1)n1ccc2cc(S(=O)(=O)N3CCCCC3)ccc21. The van der Waals surface area contributed by atoms with Crippen molar-refractivity contribution in [2.24, 2.45) is 0 Å². The van der Waals surface area contributed by atoms with E-state index in [9.17, 15) is 13.2 Å². The number of sulfonamides is 1. The van der Waals surface area contributed by atoms with E-state index in [1.165, 1.54) is 0 Å². The molecule has 0 saturated carbocycles. The third kappa shape index (κ3) is 3.93. The molecule has 1 aromatic heterocycles. The van der Waals surface area contributed by atoms with Crippen LogP contribution in [0.15, 0.2) is 35.4 Å². The van der Waals surface area contributed by atoms with Gasteiger partial charge in [-0.3, -0.25) is 4.79 Å². The number of piperidine rings is 1. The molecule has 1 amide bonds. The summed E-state index contributed by atoms with van der Waals surface area (Å²) in [5, 5.41) is 0.844. The number of rotatable bonds is 5. The van der Waals surface area contributed by atoms with Gasteiger partial charge in [-0.05, 0) is 43.5 Å². The number of benzene rings is 1. The molecule has 158 valence electrons. The predicted molar refractivity (Wildman–Crippen MR) is 111 cm³/mol. The van der Waals surface area contributed by atoms with Crippen molar-refractivity contribution in [3.8, 4) is 0 Å². The Hall–Kier alpha value is -1.90. The Balaban J connectivity index is 1.63. The predicted octanol–water partition coefficient (Wildman–Crippen LogP) is 2.63. The topological polar surface area (TPSA) is 71.8 Å². The lowest BCUT2D eigenvalue weighted by Crippen LogP contribution is -2.44. The van der Waals surface area contributed by atoms with E-state index >= 15 is 0 Å². The lowest BCUT2D eigenvalue weighted by molar-refractivity contribution is -0.138. The molecule has 1 aromatic carbocycles. The average Bonchev–Trinajstić information content (AvgIpc) is 3.18. The first-order valence-corrected chi connectivity index (χ1v) is 11.9. The number of aromatic nitrogens is 1. The van der Waals surface area contributed by atoms with E-state index < -0.39 is 10.0 Å². The molecule has 2 aliphatic rings. The fourth-order valence-corrected chi connectivity index (χ4v) is 5.87. The van der Waals surface area contributed by atoms with Gasteiger partial charge in [-0.15, -0.1) is 0 Å². The fourth-order valence-electron chi connectivity index (χ4n) is 4.31. The summed E-state index contributed by atoms with van der Waals surface area (Å²) in [6, 6.07) is 6.85. The largest absolute Gasteiger partial charge is 0.378 e. The van der Waals surface area contributed by atoms with Gasteiger partial charge in [0, 0.05) is 43.3 Å². The van der Waals surface area contributed by atoms with Crippen LogP contribution in [-0.4, -0.2) is 67.5 Å². The van der Waals surface area contributed by atoms with Crippen molar-refractivity contribution in [1.29, 1.82) is 0 Å². The monoisotopic (exact) mass is 419 g/mol. The van der Waals surface area contributed by atoms with Gasteiger partial charge < -0.3 is 14.2 Å². The molecule has 2 aliphatic heterocycles. The zero-order valence-electron chi connectivity index (χ0n) is 16.9. The molecule has 8 heteroatoms. The van der Waals surface area contributed by atoms with Crippen LogP contribution in [0.25, 0.3) is 10.9 Å². The second-order valence-corrected chi connectivity index (χ2v) is 9.71. The molecule has 2 saturated heterocycles. The normalized spacial score (nSPS) is 20.1. The molecule has 0 spiro atoms. The molecule has 0 bridgehead atoms. The number of carbonyl (C=O) groups excluding carboxylic acids is 1. The van der Waals surface area contributed by atoms with Gasteiger partial charge in [0.2, 0.25) is 15.9 Å². The molecule has 29 heavy (non-hydrogen) atoms. The van der Waals surface area contributed by atoms with Crippen LogP contribution in [-0.2, 0) is 19.6 Å². The highest BCUT2D eigenvalue weighted by molar-refractivity contribution is 7.89. The van der Waals surface area contributed by atoms with Gasteiger partial charge in [0.15, 0.2) is 0 Å². The molecule has 7 nitrogen and oxygen atoms in total. The molecule has 1 atom stereocenters. The van der Waals surface area contributed by atoms with Gasteiger partial charge in [-0.2, -0.15) is 4.31 Å². The highest BCUT2D eigenvalue weighted by atomic mass is 32.2. The zero-order valence-corrected chi connectivity index (χ0v) is 17.7. The van der Waals surface area contributed by atoms with E-state index in [4.69, 9.17) is 4.74 Å². The molecule has 0 unspecified atom stereocenters. The first kappa shape index (κ1) is 20.4. The smallest absolute Gasteiger partial charge is 0.245 e. The number of nitrogens with zero attached hydrogens (tertiary/aromatic N) is 3.